The number of hydrogen-bond acceptors (Lipinski definition) is 6. The predicted molar refractivity (Wildman–Crippen MR) is 114 cm³/mol. The molecule has 3 aromatic rings. The van der Waals surface area contributed by atoms with E-state index in [1.807, 2.05) is 43.3 Å². The third-order valence-corrected chi connectivity index (χ3v) is 5.14. The lowest BCUT2D eigenvalue weighted by atomic mass is 10.2. The van der Waals surface area contributed by atoms with Gasteiger partial charge in [-0.3, -0.25) is 4.90 Å². The van der Waals surface area contributed by atoms with E-state index in [-0.39, 0.29) is 0 Å². The summed E-state index contributed by atoms with van der Waals surface area (Å²) in [5.74, 6) is 2.41. The first-order chi connectivity index (χ1) is 13.7. The van der Waals surface area contributed by atoms with Crippen LogP contribution < -0.4 is 14.2 Å². The number of nitrogens with zero attached hydrogens (tertiary/aromatic N) is 2. The Balaban J connectivity index is 1.50. The minimum Gasteiger partial charge on any atom is -0.494 e. The highest BCUT2D eigenvalue weighted by atomic mass is 32.1. The molecule has 1 heterocycles. The maximum atomic E-state index is 5.85. The lowest BCUT2D eigenvalue weighted by molar-refractivity contribution is 0.225. The van der Waals surface area contributed by atoms with E-state index in [2.05, 4.69) is 29.5 Å². The van der Waals surface area contributed by atoms with Crippen molar-refractivity contribution >= 4 is 11.3 Å². The summed E-state index contributed by atoms with van der Waals surface area (Å²) in [6.45, 7) is 4.83. The van der Waals surface area contributed by atoms with Crippen molar-refractivity contribution in [1.29, 1.82) is 0 Å². The minimum atomic E-state index is 0.590. The summed E-state index contributed by atoms with van der Waals surface area (Å²) in [6.07, 6.45) is 0. The van der Waals surface area contributed by atoms with Crippen LogP contribution in [0.25, 0.3) is 10.6 Å². The second-order valence-electron chi connectivity index (χ2n) is 6.34. The van der Waals surface area contributed by atoms with Crippen LogP contribution in [-0.2, 0) is 6.54 Å². The smallest absolute Gasteiger partial charge is 0.161 e. The molecular formula is C22H26N2O3S. The average Bonchev–Trinajstić information content (AvgIpc) is 3.17. The zero-order valence-electron chi connectivity index (χ0n) is 16.6. The van der Waals surface area contributed by atoms with Gasteiger partial charge in [0.15, 0.2) is 11.5 Å². The Morgan fingerprint density at radius 2 is 1.75 bits per heavy atom. The summed E-state index contributed by atoms with van der Waals surface area (Å²) >= 11 is 1.66. The van der Waals surface area contributed by atoms with Crippen molar-refractivity contribution in [3.8, 4) is 27.8 Å². The topological polar surface area (TPSA) is 43.8 Å². The zero-order chi connectivity index (χ0) is 19.8. The summed E-state index contributed by atoms with van der Waals surface area (Å²) < 4.78 is 16.6. The van der Waals surface area contributed by atoms with E-state index in [1.165, 1.54) is 0 Å². The number of ether oxygens (including phenoxy) is 3. The molecule has 0 saturated carbocycles. The van der Waals surface area contributed by atoms with Crippen molar-refractivity contribution in [2.45, 2.75) is 13.5 Å². The Hall–Kier alpha value is -2.57. The molecule has 6 heteroatoms. The van der Waals surface area contributed by atoms with Crippen LogP contribution in [0.15, 0.2) is 53.9 Å². The average molecular weight is 399 g/mol. The monoisotopic (exact) mass is 398 g/mol. The fraction of sp³-hybridized carbons (Fsp3) is 0.318. The molecule has 0 aliphatic rings. The quantitative estimate of drug-likeness (QED) is 0.494. The number of para-hydroxylation sites is 2. The van der Waals surface area contributed by atoms with Crippen LogP contribution >= 0.6 is 11.3 Å². The molecule has 0 unspecified atom stereocenters. The molecular weight excluding hydrogens is 372 g/mol. The van der Waals surface area contributed by atoms with Gasteiger partial charge >= 0.3 is 0 Å². The van der Waals surface area contributed by atoms with E-state index in [0.717, 1.165) is 46.6 Å². The third kappa shape index (κ3) is 5.47. The Labute approximate surface area is 170 Å². The zero-order valence-corrected chi connectivity index (χ0v) is 17.4. The van der Waals surface area contributed by atoms with Crippen LogP contribution in [-0.4, -0.2) is 43.8 Å². The van der Waals surface area contributed by atoms with E-state index in [1.54, 1.807) is 18.4 Å². The number of methoxy groups -OCH3 is 1. The highest BCUT2D eigenvalue weighted by molar-refractivity contribution is 7.13. The molecule has 0 bridgehead atoms. The minimum absolute atomic E-state index is 0.590. The van der Waals surface area contributed by atoms with Crippen LogP contribution in [0.3, 0.4) is 0 Å². The van der Waals surface area contributed by atoms with E-state index < -0.39 is 0 Å². The molecule has 3 rings (SSSR count). The number of rotatable bonds is 10. The fourth-order valence-electron chi connectivity index (χ4n) is 2.78. The van der Waals surface area contributed by atoms with E-state index in [9.17, 15) is 0 Å². The Morgan fingerprint density at radius 1 is 1.00 bits per heavy atom. The number of thiazole rings is 1. The van der Waals surface area contributed by atoms with Gasteiger partial charge in [0.2, 0.25) is 0 Å². The van der Waals surface area contributed by atoms with Gasteiger partial charge in [0.25, 0.3) is 0 Å². The molecule has 0 fully saturated rings. The second-order valence-corrected chi connectivity index (χ2v) is 7.20. The maximum absolute atomic E-state index is 5.85. The molecule has 0 atom stereocenters. The highest BCUT2D eigenvalue weighted by Gasteiger charge is 2.09. The lowest BCUT2D eigenvalue weighted by Crippen LogP contribution is -2.24. The molecule has 148 valence electrons. The summed E-state index contributed by atoms with van der Waals surface area (Å²) in [4.78, 5) is 6.97. The standard InChI is InChI=1S/C22H26N2O3S/c1-4-26-19-11-9-17(10-12-19)22-23-18(16-28-22)15-24(2)13-14-27-21-8-6-5-7-20(21)25-3/h5-12,16H,4,13-15H2,1-3H3. The van der Waals surface area contributed by atoms with Gasteiger partial charge < -0.3 is 14.2 Å². The molecule has 0 N–H and O–H groups in total. The number of hydrogen-bond donors (Lipinski definition) is 0. The summed E-state index contributed by atoms with van der Waals surface area (Å²) in [5, 5.41) is 3.14. The Morgan fingerprint density at radius 3 is 2.46 bits per heavy atom. The third-order valence-electron chi connectivity index (χ3n) is 4.20. The molecule has 0 spiro atoms. The molecule has 0 radical (unpaired) electrons. The van der Waals surface area contributed by atoms with Gasteiger partial charge in [0, 0.05) is 24.0 Å². The molecule has 0 aliphatic carbocycles. The molecule has 0 amide bonds. The lowest BCUT2D eigenvalue weighted by Gasteiger charge is -2.16. The Kier molecular flexibility index (Phi) is 7.28. The van der Waals surface area contributed by atoms with E-state index in [0.29, 0.717) is 13.2 Å². The largest absolute Gasteiger partial charge is 0.494 e. The van der Waals surface area contributed by atoms with Gasteiger partial charge in [-0.15, -0.1) is 11.3 Å². The predicted octanol–water partition coefficient (Wildman–Crippen LogP) is 4.73. The number of aromatic nitrogens is 1. The number of likely N-dealkylation sites (N-methyl/N-ethyl adjacent to an activating group) is 1. The van der Waals surface area contributed by atoms with Crippen LogP contribution in [0.5, 0.6) is 17.2 Å². The molecule has 0 saturated heterocycles. The van der Waals surface area contributed by atoms with Crippen LogP contribution in [0, 0.1) is 0 Å². The van der Waals surface area contributed by atoms with Gasteiger partial charge in [0.05, 0.1) is 19.4 Å². The van der Waals surface area contributed by atoms with Crippen LogP contribution in [0.4, 0.5) is 0 Å². The Bertz CT molecular complexity index is 864. The second kappa shape index (κ2) is 10.1. The fourth-order valence-corrected chi connectivity index (χ4v) is 3.59. The van der Waals surface area contributed by atoms with E-state index in [4.69, 9.17) is 19.2 Å². The van der Waals surface area contributed by atoms with Gasteiger partial charge in [0.1, 0.15) is 17.4 Å². The van der Waals surface area contributed by atoms with Crippen molar-refractivity contribution in [3.05, 3.63) is 59.6 Å². The first-order valence-electron chi connectivity index (χ1n) is 9.31. The van der Waals surface area contributed by atoms with Crippen LogP contribution in [0.2, 0.25) is 0 Å². The summed E-state index contributed by atoms with van der Waals surface area (Å²) in [7, 11) is 3.72. The highest BCUT2D eigenvalue weighted by Crippen LogP contribution is 2.27. The molecule has 0 aliphatic heterocycles. The normalized spacial score (nSPS) is 10.9. The first-order valence-corrected chi connectivity index (χ1v) is 10.2. The van der Waals surface area contributed by atoms with Crippen molar-refractivity contribution < 1.29 is 14.2 Å². The number of benzene rings is 2. The molecule has 5 nitrogen and oxygen atoms in total. The molecule has 1 aromatic heterocycles. The van der Waals surface area contributed by atoms with Crippen molar-refractivity contribution in [2.24, 2.45) is 0 Å². The van der Waals surface area contributed by atoms with Gasteiger partial charge in [-0.1, -0.05) is 12.1 Å². The van der Waals surface area contributed by atoms with Gasteiger partial charge in [-0.2, -0.15) is 0 Å². The van der Waals surface area contributed by atoms with Gasteiger partial charge in [-0.25, -0.2) is 4.98 Å². The van der Waals surface area contributed by atoms with E-state index >= 15 is 0 Å². The summed E-state index contributed by atoms with van der Waals surface area (Å²) in [6, 6.07) is 15.8. The SMILES string of the molecule is CCOc1ccc(-c2nc(CN(C)CCOc3ccccc3OC)cs2)cc1. The van der Waals surface area contributed by atoms with Crippen molar-refractivity contribution in [3.63, 3.8) is 0 Å². The van der Waals surface area contributed by atoms with Crippen molar-refractivity contribution in [2.75, 3.05) is 33.9 Å². The van der Waals surface area contributed by atoms with Gasteiger partial charge in [-0.05, 0) is 50.4 Å². The first kappa shape index (κ1) is 20.2. The molecule has 2 aromatic carbocycles. The summed E-state index contributed by atoms with van der Waals surface area (Å²) in [5.41, 5.74) is 2.18. The van der Waals surface area contributed by atoms with Crippen LogP contribution in [0.1, 0.15) is 12.6 Å². The maximum Gasteiger partial charge on any atom is 0.161 e. The molecule has 28 heavy (non-hydrogen) atoms. The van der Waals surface area contributed by atoms with Crippen molar-refractivity contribution in [1.82, 2.24) is 9.88 Å².